The fraction of sp³-hybridized carbons (Fsp3) is 0.500. The van der Waals surface area contributed by atoms with Crippen molar-refractivity contribution in [3.05, 3.63) is 23.8 Å². The summed E-state index contributed by atoms with van der Waals surface area (Å²) >= 11 is 0. The molecule has 2 atom stereocenters. The summed E-state index contributed by atoms with van der Waals surface area (Å²) in [4.78, 5) is 23.0. The number of hydrogen-bond acceptors (Lipinski definition) is 4. The summed E-state index contributed by atoms with van der Waals surface area (Å²) in [5, 5.41) is 11.9. The van der Waals surface area contributed by atoms with Gasteiger partial charge in [0.1, 0.15) is 0 Å². The minimum Gasteiger partial charge on any atom is -0.493 e. The number of methoxy groups -OCH3 is 2. The van der Waals surface area contributed by atoms with Gasteiger partial charge in [-0.3, -0.25) is 9.59 Å². The zero-order valence-electron chi connectivity index (χ0n) is 12.8. The Hall–Kier alpha value is -2.24. The van der Waals surface area contributed by atoms with E-state index in [1.54, 1.807) is 26.4 Å². The van der Waals surface area contributed by atoms with Gasteiger partial charge in [-0.25, -0.2) is 0 Å². The fourth-order valence-electron chi connectivity index (χ4n) is 2.79. The van der Waals surface area contributed by atoms with Crippen molar-refractivity contribution in [1.82, 2.24) is 5.32 Å². The van der Waals surface area contributed by atoms with E-state index in [4.69, 9.17) is 14.6 Å². The minimum atomic E-state index is -0.781. The zero-order chi connectivity index (χ0) is 16.1. The normalized spacial score (nSPS) is 20.5. The predicted octanol–water partition coefficient (Wildman–Crippen LogP) is 1.62. The molecule has 1 aromatic carbocycles. The molecule has 0 saturated heterocycles. The number of amides is 1. The molecular weight excluding hydrogens is 286 g/mol. The monoisotopic (exact) mass is 307 g/mol. The summed E-state index contributed by atoms with van der Waals surface area (Å²) < 4.78 is 10.4. The summed E-state index contributed by atoms with van der Waals surface area (Å²) in [6, 6.07) is 5.30. The Bertz CT molecular complexity index is 557. The molecule has 0 radical (unpaired) electrons. The third-order valence-electron chi connectivity index (χ3n) is 3.96. The maximum absolute atomic E-state index is 12.1. The lowest BCUT2D eigenvalue weighted by molar-refractivity contribution is -0.141. The van der Waals surface area contributed by atoms with E-state index in [-0.39, 0.29) is 24.3 Å². The van der Waals surface area contributed by atoms with E-state index in [2.05, 4.69) is 5.32 Å². The van der Waals surface area contributed by atoms with Crippen molar-refractivity contribution in [3.63, 3.8) is 0 Å². The van der Waals surface area contributed by atoms with Crippen molar-refractivity contribution in [3.8, 4) is 11.5 Å². The van der Waals surface area contributed by atoms with Crippen LogP contribution < -0.4 is 14.8 Å². The van der Waals surface area contributed by atoms with Gasteiger partial charge in [-0.05, 0) is 37.0 Å². The number of hydrogen-bond donors (Lipinski definition) is 2. The summed E-state index contributed by atoms with van der Waals surface area (Å²) in [5.74, 6) is -0.0300. The maximum Gasteiger partial charge on any atom is 0.306 e. The molecule has 120 valence electrons. The Morgan fingerprint density at radius 3 is 2.55 bits per heavy atom. The van der Waals surface area contributed by atoms with Crippen LogP contribution in [-0.4, -0.2) is 37.2 Å². The van der Waals surface area contributed by atoms with Gasteiger partial charge in [0.05, 0.1) is 26.6 Å². The predicted molar refractivity (Wildman–Crippen MR) is 80.2 cm³/mol. The highest BCUT2D eigenvalue weighted by Crippen LogP contribution is 2.28. The van der Waals surface area contributed by atoms with Gasteiger partial charge < -0.3 is 19.9 Å². The molecule has 2 N–H and O–H groups in total. The summed E-state index contributed by atoms with van der Waals surface area (Å²) in [5.41, 5.74) is 0.822. The van der Waals surface area contributed by atoms with Crippen molar-refractivity contribution in [2.24, 2.45) is 5.92 Å². The first-order chi connectivity index (χ1) is 10.5. The molecule has 1 aliphatic carbocycles. The van der Waals surface area contributed by atoms with Crippen LogP contribution >= 0.6 is 0 Å². The summed E-state index contributed by atoms with van der Waals surface area (Å²) in [6.45, 7) is 0. The lowest BCUT2D eigenvalue weighted by Gasteiger charge is -2.13. The standard InChI is InChI=1S/C16H21NO5/c1-21-13-6-3-10(7-14(13)22-2)8-15(18)17-12-5-4-11(9-12)16(19)20/h3,6-7,11-12H,4-5,8-9H2,1-2H3,(H,17,18)(H,19,20)/t11-,12+/m0/s1. The zero-order valence-corrected chi connectivity index (χ0v) is 12.8. The van der Waals surface area contributed by atoms with Crippen LogP contribution in [0.5, 0.6) is 11.5 Å². The molecule has 0 aliphatic heterocycles. The highest BCUT2D eigenvalue weighted by atomic mass is 16.5. The number of nitrogens with one attached hydrogen (secondary N) is 1. The number of carboxylic acids is 1. The number of ether oxygens (including phenoxy) is 2. The van der Waals surface area contributed by atoms with Crippen molar-refractivity contribution >= 4 is 11.9 Å². The van der Waals surface area contributed by atoms with Gasteiger partial charge in [-0.2, -0.15) is 0 Å². The van der Waals surface area contributed by atoms with Crippen molar-refractivity contribution in [2.45, 2.75) is 31.7 Å². The molecule has 0 unspecified atom stereocenters. The van der Waals surface area contributed by atoms with E-state index in [0.717, 1.165) is 5.56 Å². The number of rotatable bonds is 6. The number of carbonyl (C=O) groups excluding carboxylic acids is 1. The highest BCUT2D eigenvalue weighted by molar-refractivity contribution is 5.79. The van der Waals surface area contributed by atoms with Crippen LogP contribution in [-0.2, 0) is 16.0 Å². The second-order valence-corrected chi connectivity index (χ2v) is 5.48. The average Bonchev–Trinajstić information content (AvgIpc) is 2.95. The molecule has 1 fully saturated rings. The van der Waals surface area contributed by atoms with E-state index >= 15 is 0 Å². The molecule has 0 bridgehead atoms. The molecule has 2 rings (SSSR count). The first-order valence-electron chi connectivity index (χ1n) is 7.26. The Morgan fingerprint density at radius 2 is 1.95 bits per heavy atom. The van der Waals surface area contributed by atoms with Crippen LogP contribution in [0.15, 0.2) is 18.2 Å². The fourth-order valence-corrected chi connectivity index (χ4v) is 2.79. The average molecular weight is 307 g/mol. The van der Waals surface area contributed by atoms with Gasteiger partial charge in [-0.1, -0.05) is 6.07 Å². The topological polar surface area (TPSA) is 84.9 Å². The third-order valence-corrected chi connectivity index (χ3v) is 3.96. The van der Waals surface area contributed by atoms with E-state index < -0.39 is 5.97 Å². The van der Waals surface area contributed by atoms with E-state index in [1.807, 2.05) is 6.07 Å². The first kappa shape index (κ1) is 16.1. The van der Waals surface area contributed by atoms with Gasteiger partial charge in [0.25, 0.3) is 0 Å². The SMILES string of the molecule is COc1ccc(CC(=O)N[C@@H]2CC[C@H](C(=O)O)C2)cc1OC. The Kier molecular flexibility index (Phi) is 5.25. The van der Waals surface area contributed by atoms with E-state index in [1.165, 1.54) is 0 Å². The van der Waals surface area contributed by atoms with Gasteiger partial charge in [0.15, 0.2) is 11.5 Å². The van der Waals surface area contributed by atoms with E-state index in [9.17, 15) is 9.59 Å². The van der Waals surface area contributed by atoms with Crippen LogP contribution in [0.3, 0.4) is 0 Å². The molecule has 1 saturated carbocycles. The van der Waals surface area contributed by atoms with Crippen molar-refractivity contribution in [2.75, 3.05) is 14.2 Å². The van der Waals surface area contributed by atoms with Crippen molar-refractivity contribution < 1.29 is 24.2 Å². The van der Waals surface area contributed by atoms with Crippen LogP contribution in [0.25, 0.3) is 0 Å². The van der Waals surface area contributed by atoms with Crippen LogP contribution in [0, 0.1) is 5.92 Å². The van der Waals surface area contributed by atoms with Gasteiger partial charge in [0.2, 0.25) is 5.91 Å². The molecule has 0 heterocycles. The molecule has 0 spiro atoms. The molecule has 6 nitrogen and oxygen atoms in total. The summed E-state index contributed by atoms with van der Waals surface area (Å²) in [6.07, 6.45) is 2.08. The second kappa shape index (κ2) is 7.15. The van der Waals surface area contributed by atoms with Crippen LogP contribution in [0.1, 0.15) is 24.8 Å². The van der Waals surface area contributed by atoms with Gasteiger partial charge in [-0.15, -0.1) is 0 Å². The quantitative estimate of drug-likeness (QED) is 0.834. The largest absolute Gasteiger partial charge is 0.493 e. The maximum atomic E-state index is 12.1. The van der Waals surface area contributed by atoms with E-state index in [0.29, 0.717) is 30.8 Å². The Morgan fingerprint density at radius 1 is 1.23 bits per heavy atom. The first-order valence-corrected chi connectivity index (χ1v) is 7.26. The van der Waals surface area contributed by atoms with Gasteiger partial charge in [0, 0.05) is 6.04 Å². The number of carbonyl (C=O) groups is 2. The smallest absolute Gasteiger partial charge is 0.306 e. The molecule has 1 aromatic rings. The van der Waals surface area contributed by atoms with Crippen LogP contribution in [0.4, 0.5) is 0 Å². The molecular formula is C16H21NO5. The number of benzene rings is 1. The third kappa shape index (κ3) is 3.90. The lowest BCUT2D eigenvalue weighted by Crippen LogP contribution is -2.34. The van der Waals surface area contributed by atoms with Crippen molar-refractivity contribution in [1.29, 1.82) is 0 Å². The second-order valence-electron chi connectivity index (χ2n) is 5.48. The lowest BCUT2D eigenvalue weighted by atomic mass is 10.1. The Balaban J connectivity index is 1.91. The van der Waals surface area contributed by atoms with Crippen LogP contribution in [0.2, 0.25) is 0 Å². The Labute approximate surface area is 129 Å². The molecule has 1 aliphatic rings. The summed E-state index contributed by atoms with van der Waals surface area (Å²) in [7, 11) is 3.11. The van der Waals surface area contributed by atoms with Gasteiger partial charge >= 0.3 is 5.97 Å². The molecule has 6 heteroatoms. The highest BCUT2D eigenvalue weighted by Gasteiger charge is 2.30. The minimum absolute atomic E-state index is 0.0475. The molecule has 0 aromatic heterocycles. The number of carboxylic acid groups (broad SMARTS) is 1. The number of aliphatic carboxylic acids is 1. The molecule has 22 heavy (non-hydrogen) atoms. The molecule has 1 amide bonds.